The monoisotopic (exact) mass is 355 g/mol. The number of hydrogen-bond acceptors (Lipinski definition) is 4. The second-order valence-corrected chi connectivity index (χ2v) is 6.90. The predicted octanol–water partition coefficient (Wildman–Crippen LogP) is 2.52. The minimum atomic E-state index is -0.957. The van der Waals surface area contributed by atoms with E-state index in [1.165, 1.54) is 11.8 Å². The molecule has 0 saturated carbocycles. The van der Waals surface area contributed by atoms with Gasteiger partial charge in [0, 0.05) is 31.4 Å². The SMILES string of the molecule is CC(=O)N(CC(=O)O)[C@H]1CCCN(Cc2ccc3ccccc3n2)CC1. The molecule has 2 heterocycles. The molecule has 2 aromatic rings. The zero-order valence-electron chi connectivity index (χ0n) is 15.1. The number of aliphatic carboxylic acids is 1. The van der Waals surface area contributed by atoms with E-state index >= 15 is 0 Å². The molecule has 6 nitrogen and oxygen atoms in total. The lowest BCUT2D eigenvalue weighted by Gasteiger charge is -2.28. The van der Waals surface area contributed by atoms with Crippen LogP contribution in [0.5, 0.6) is 0 Å². The van der Waals surface area contributed by atoms with E-state index in [1.54, 1.807) is 0 Å². The Bertz CT molecular complexity index is 793. The van der Waals surface area contributed by atoms with E-state index in [0.29, 0.717) is 0 Å². The topological polar surface area (TPSA) is 73.7 Å². The van der Waals surface area contributed by atoms with Crippen LogP contribution in [-0.4, -0.2) is 57.4 Å². The normalized spacial score (nSPS) is 18.4. The maximum atomic E-state index is 11.8. The lowest BCUT2D eigenvalue weighted by molar-refractivity contribution is -0.145. The zero-order valence-corrected chi connectivity index (χ0v) is 15.1. The highest BCUT2D eigenvalue weighted by Crippen LogP contribution is 2.19. The van der Waals surface area contributed by atoms with Crippen molar-refractivity contribution in [3.8, 4) is 0 Å². The Morgan fingerprint density at radius 2 is 2.00 bits per heavy atom. The molecule has 0 bridgehead atoms. The number of para-hydroxylation sites is 1. The number of hydrogen-bond donors (Lipinski definition) is 1. The summed E-state index contributed by atoms with van der Waals surface area (Å²) in [5.74, 6) is -1.12. The van der Waals surface area contributed by atoms with Crippen molar-refractivity contribution in [2.24, 2.45) is 0 Å². The summed E-state index contributed by atoms with van der Waals surface area (Å²) in [6.45, 7) is 3.78. The first-order valence-corrected chi connectivity index (χ1v) is 9.09. The summed E-state index contributed by atoms with van der Waals surface area (Å²) in [5.41, 5.74) is 2.04. The van der Waals surface area contributed by atoms with Gasteiger partial charge in [-0.15, -0.1) is 0 Å². The Balaban J connectivity index is 1.64. The maximum absolute atomic E-state index is 11.8. The zero-order chi connectivity index (χ0) is 18.5. The molecule has 1 amide bonds. The van der Waals surface area contributed by atoms with Crippen molar-refractivity contribution < 1.29 is 14.7 Å². The van der Waals surface area contributed by atoms with Crippen LogP contribution in [0, 0.1) is 0 Å². The first-order chi connectivity index (χ1) is 12.5. The summed E-state index contributed by atoms with van der Waals surface area (Å²) in [4.78, 5) is 31.5. The number of carbonyl (C=O) groups is 2. The number of carboxylic acids is 1. The summed E-state index contributed by atoms with van der Waals surface area (Å²) in [5, 5.41) is 10.2. The number of rotatable bonds is 5. The molecule has 0 aliphatic carbocycles. The van der Waals surface area contributed by atoms with E-state index in [-0.39, 0.29) is 18.5 Å². The summed E-state index contributed by atoms with van der Waals surface area (Å²) < 4.78 is 0. The van der Waals surface area contributed by atoms with Gasteiger partial charge in [0.15, 0.2) is 0 Å². The second-order valence-electron chi connectivity index (χ2n) is 6.90. The molecule has 3 rings (SSSR count). The average Bonchev–Trinajstić information content (AvgIpc) is 2.85. The standard InChI is InChI=1S/C20H25N3O3/c1-15(24)23(14-20(25)26)18-6-4-11-22(12-10-18)13-17-9-8-16-5-2-3-7-19(16)21-17/h2-3,5,7-9,18H,4,6,10-14H2,1H3,(H,25,26)/t18-/m0/s1. The van der Waals surface area contributed by atoms with Gasteiger partial charge in [-0.3, -0.25) is 19.5 Å². The number of fused-ring (bicyclic) bond motifs is 1. The highest BCUT2D eigenvalue weighted by Gasteiger charge is 2.26. The van der Waals surface area contributed by atoms with Gasteiger partial charge < -0.3 is 10.0 Å². The number of benzene rings is 1. The van der Waals surface area contributed by atoms with Crippen molar-refractivity contribution in [2.45, 2.75) is 38.8 Å². The van der Waals surface area contributed by atoms with Crippen LogP contribution in [0.25, 0.3) is 10.9 Å². The van der Waals surface area contributed by atoms with E-state index in [1.807, 2.05) is 18.2 Å². The molecular formula is C20H25N3O3. The highest BCUT2D eigenvalue weighted by atomic mass is 16.4. The van der Waals surface area contributed by atoms with Gasteiger partial charge in [-0.2, -0.15) is 0 Å². The number of carbonyl (C=O) groups excluding carboxylic acids is 1. The Morgan fingerprint density at radius 1 is 1.19 bits per heavy atom. The molecule has 1 atom stereocenters. The minimum Gasteiger partial charge on any atom is -0.480 e. The van der Waals surface area contributed by atoms with Gasteiger partial charge in [0.1, 0.15) is 6.54 Å². The summed E-state index contributed by atoms with van der Waals surface area (Å²) >= 11 is 0. The smallest absolute Gasteiger partial charge is 0.323 e. The molecule has 1 aliphatic rings. The molecule has 0 radical (unpaired) electrons. The fourth-order valence-corrected chi connectivity index (χ4v) is 3.68. The van der Waals surface area contributed by atoms with E-state index in [2.05, 4.69) is 23.1 Å². The predicted molar refractivity (Wildman–Crippen MR) is 99.7 cm³/mol. The molecule has 138 valence electrons. The third-order valence-electron chi connectivity index (χ3n) is 4.98. The minimum absolute atomic E-state index is 0.00170. The van der Waals surface area contributed by atoms with Crippen LogP contribution in [0.15, 0.2) is 36.4 Å². The Hall–Kier alpha value is -2.47. The van der Waals surface area contributed by atoms with Crippen molar-refractivity contribution in [2.75, 3.05) is 19.6 Å². The molecular weight excluding hydrogens is 330 g/mol. The summed E-state index contributed by atoms with van der Waals surface area (Å²) in [6.07, 6.45) is 2.58. The molecule has 1 saturated heterocycles. The fraction of sp³-hybridized carbons (Fsp3) is 0.450. The van der Waals surface area contributed by atoms with Gasteiger partial charge >= 0.3 is 5.97 Å². The third kappa shape index (κ3) is 4.58. The first-order valence-electron chi connectivity index (χ1n) is 9.09. The van der Waals surface area contributed by atoms with Crippen molar-refractivity contribution in [1.29, 1.82) is 0 Å². The Kier molecular flexibility index (Phi) is 5.83. The lowest BCUT2D eigenvalue weighted by atomic mass is 10.1. The van der Waals surface area contributed by atoms with Crippen LogP contribution >= 0.6 is 0 Å². The molecule has 1 fully saturated rings. The van der Waals surface area contributed by atoms with Crippen LogP contribution in [0.4, 0.5) is 0 Å². The molecule has 1 aliphatic heterocycles. The molecule has 1 aromatic carbocycles. The van der Waals surface area contributed by atoms with Gasteiger partial charge in [0.05, 0.1) is 11.2 Å². The Labute approximate surface area is 153 Å². The summed E-state index contributed by atoms with van der Waals surface area (Å²) in [7, 11) is 0. The van der Waals surface area contributed by atoms with E-state index in [4.69, 9.17) is 10.1 Å². The highest BCUT2D eigenvalue weighted by molar-refractivity contribution is 5.80. The van der Waals surface area contributed by atoms with Gasteiger partial charge in [0.2, 0.25) is 5.91 Å². The van der Waals surface area contributed by atoms with Crippen LogP contribution in [0.2, 0.25) is 0 Å². The van der Waals surface area contributed by atoms with Crippen LogP contribution in [-0.2, 0) is 16.1 Å². The van der Waals surface area contributed by atoms with E-state index in [0.717, 1.165) is 55.5 Å². The van der Waals surface area contributed by atoms with Crippen molar-refractivity contribution >= 4 is 22.8 Å². The fourth-order valence-electron chi connectivity index (χ4n) is 3.68. The number of pyridine rings is 1. The van der Waals surface area contributed by atoms with Crippen molar-refractivity contribution in [3.05, 3.63) is 42.1 Å². The molecule has 1 N–H and O–H groups in total. The summed E-state index contributed by atoms with van der Waals surface area (Å²) in [6, 6.07) is 12.2. The molecule has 1 aromatic heterocycles. The largest absolute Gasteiger partial charge is 0.480 e. The van der Waals surface area contributed by atoms with Crippen molar-refractivity contribution in [1.82, 2.24) is 14.8 Å². The second kappa shape index (κ2) is 8.27. The van der Waals surface area contributed by atoms with Crippen LogP contribution < -0.4 is 0 Å². The molecule has 0 spiro atoms. The van der Waals surface area contributed by atoms with Gasteiger partial charge in [-0.1, -0.05) is 24.3 Å². The quantitative estimate of drug-likeness (QED) is 0.892. The van der Waals surface area contributed by atoms with Crippen LogP contribution in [0.3, 0.4) is 0 Å². The van der Waals surface area contributed by atoms with Crippen LogP contribution in [0.1, 0.15) is 31.9 Å². The number of nitrogens with zero attached hydrogens (tertiary/aromatic N) is 3. The lowest BCUT2D eigenvalue weighted by Crippen LogP contribution is -2.42. The van der Waals surface area contributed by atoms with E-state index < -0.39 is 5.97 Å². The maximum Gasteiger partial charge on any atom is 0.323 e. The Morgan fingerprint density at radius 3 is 2.77 bits per heavy atom. The number of carboxylic acid groups (broad SMARTS) is 1. The average molecular weight is 355 g/mol. The molecule has 0 unspecified atom stereocenters. The van der Waals surface area contributed by atoms with Gasteiger partial charge in [-0.25, -0.2) is 0 Å². The van der Waals surface area contributed by atoms with E-state index in [9.17, 15) is 9.59 Å². The molecule has 6 heteroatoms. The number of likely N-dealkylation sites (tertiary alicyclic amines) is 1. The number of amides is 1. The van der Waals surface area contributed by atoms with Gasteiger partial charge in [0.25, 0.3) is 0 Å². The van der Waals surface area contributed by atoms with Gasteiger partial charge in [-0.05, 0) is 37.9 Å². The first kappa shape index (κ1) is 18.3. The third-order valence-corrected chi connectivity index (χ3v) is 4.98. The van der Waals surface area contributed by atoms with Crippen molar-refractivity contribution in [3.63, 3.8) is 0 Å². The molecule has 26 heavy (non-hydrogen) atoms. The number of aromatic nitrogens is 1.